The molecule has 0 atom stereocenters. The van der Waals surface area contributed by atoms with Gasteiger partial charge in [-0.1, -0.05) is 12.1 Å². The third-order valence-electron chi connectivity index (χ3n) is 2.78. The molecule has 2 rings (SSSR count). The van der Waals surface area contributed by atoms with E-state index in [1.165, 1.54) is 12.1 Å². The number of aromatic carboxylic acids is 1. The van der Waals surface area contributed by atoms with Crippen molar-refractivity contribution in [1.29, 1.82) is 0 Å². The minimum atomic E-state index is -0.968. The average molecular weight is 351 g/mol. The lowest BCUT2D eigenvalue weighted by molar-refractivity contribution is 0.0696. The van der Waals surface area contributed by atoms with Gasteiger partial charge in [0, 0.05) is 0 Å². The maximum atomic E-state index is 10.8. The summed E-state index contributed by atoms with van der Waals surface area (Å²) in [5.74, 6) is 0.428. The Morgan fingerprint density at radius 3 is 2.57 bits per heavy atom. The van der Waals surface area contributed by atoms with E-state index >= 15 is 0 Å². The fourth-order valence-electron chi connectivity index (χ4n) is 1.77. The number of hydrogen-bond donors (Lipinski definition) is 1. The van der Waals surface area contributed by atoms with Crippen molar-refractivity contribution in [2.45, 2.75) is 6.92 Å². The summed E-state index contributed by atoms with van der Waals surface area (Å²) in [4.78, 5) is 10.8. The molecule has 0 fully saturated rings. The number of halogens is 1. The van der Waals surface area contributed by atoms with Gasteiger partial charge >= 0.3 is 5.97 Å². The molecule has 0 saturated carbocycles. The van der Waals surface area contributed by atoms with Crippen LogP contribution in [0, 0.1) is 6.92 Å². The molecular weight excluding hydrogens is 336 g/mol. The van der Waals surface area contributed by atoms with E-state index < -0.39 is 5.97 Å². The van der Waals surface area contributed by atoms with Crippen LogP contribution in [0.15, 0.2) is 46.9 Å². The van der Waals surface area contributed by atoms with Crippen LogP contribution in [0.1, 0.15) is 15.9 Å². The Labute approximate surface area is 131 Å². The summed E-state index contributed by atoms with van der Waals surface area (Å²) in [6.07, 6.45) is 0. The van der Waals surface area contributed by atoms with E-state index in [0.717, 1.165) is 11.3 Å². The van der Waals surface area contributed by atoms with Crippen molar-refractivity contribution in [3.05, 3.63) is 58.1 Å². The maximum Gasteiger partial charge on any atom is 0.335 e. The normalized spacial score (nSPS) is 10.2. The molecule has 0 unspecified atom stereocenters. The second-order valence-corrected chi connectivity index (χ2v) is 5.32. The molecule has 2 aromatic carbocycles. The number of rotatable bonds is 6. The van der Waals surface area contributed by atoms with E-state index in [1.807, 2.05) is 31.2 Å². The zero-order chi connectivity index (χ0) is 15.2. The molecule has 21 heavy (non-hydrogen) atoms. The zero-order valence-electron chi connectivity index (χ0n) is 11.5. The highest BCUT2D eigenvalue weighted by atomic mass is 79.9. The van der Waals surface area contributed by atoms with Crippen molar-refractivity contribution in [3.8, 4) is 11.5 Å². The fourth-order valence-corrected chi connectivity index (χ4v) is 2.26. The van der Waals surface area contributed by atoms with Crippen LogP contribution in [0.2, 0.25) is 0 Å². The van der Waals surface area contributed by atoms with Crippen LogP contribution in [0.25, 0.3) is 0 Å². The minimum absolute atomic E-state index is 0.213. The molecular formula is C16H15BrO4. The van der Waals surface area contributed by atoms with Crippen LogP contribution in [0.5, 0.6) is 11.5 Å². The third kappa shape index (κ3) is 4.49. The zero-order valence-corrected chi connectivity index (χ0v) is 13.1. The van der Waals surface area contributed by atoms with Gasteiger partial charge in [0.1, 0.15) is 24.7 Å². The predicted octanol–water partition coefficient (Wildman–Crippen LogP) is 3.91. The first-order valence-electron chi connectivity index (χ1n) is 6.41. The standard InChI is InChI=1S/C16H15BrO4/c1-11-3-2-4-13(9-11)20-7-8-21-15-6-5-12(16(18)19)10-14(15)17/h2-6,9-10H,7-8H2,1H3,(H,18,19). The van der Waals surface area contributed by atoms with Crippen LogP contribution in [0.4, 0.5) is 0 Å². The molecule has 0 aliphatic rings. The summed E-state index contributed by atoms with van der Waals surface area (Å²) < 4.78 is 11.7. The van der Waals surface area contributed by atoms with Crippen LogP contribution >= 0.6 is 15.9 Å². The summed E-state index contributed by atoms with van der Waals surface area (Å²) in [7, 11) is 0. The minimum Gasteiger partial charge on any atom is -0.490 e. The Bertz CT molecular complexity index is 640. The highest BCUT2D eigenvalue weighted by molar-refractivity contribution is 9.10. The van der Waals surface area contributed by atoms with Crippen LogP contribution in [-0.2, 0) is 0 Å². The number of carboxylic acids is 1. The van der Waals surface area contributed by atoms with Crippen molar-refractivity contribution in [2.75, 3.05) is 13.2 Å². The Morgan fingerprint density at radius 2 is 1.90 bits per heavy atom. The molecule has 0 radical (unpaired) electrons. The molecule has 0 aromatic heterocycles. The van der Waals surface area contributed by atoms with E-state index in [1.54, 1.807) is 6.07 Å². The SMILES string of the molecule is Cc1cccc(OCCOc2ccc(C(=O)O)cc2Br)c1. The molecule has 4 nitrogen and oxygen atoms in total. The largest absolute Gasteiger partial charge is 0.490 e. The van der Waals surface area contributed by atoms with Gasteiger partial charge in [-0.3, -0.25) is 0 Å². The summed E-state index contributed by atoms with van der Waals surface area (Å²) >= 11 is 3.29. The van der Waals surface area contributed by atoms with Gasteiger partial charge in [-0.05, 0) is 58.7 Å². The first-order chi connectivity index (χ1) is 10.1. The molecule has 0 spiro atoms. The monoisotopic (exact) mass is 350 g/mol. The molecule has 0 bridgehead atoms. The number of carboxylic acid groups (broad SMARTS) is 1. The summed E-state index contributed by atoms with van der Waals surface area (Å²) in [5, 5.41) is 8.88. The molecule has 5 heteroatoms. The molecule has 2 aromatic rings. The maximum absolute atomic E-state index is 10.8. The van der Waals surface area contributed by atoms with Crippen molar-refractivity contribution in [3.63, 3.8) is 0 Å². The van der Waals surface area contributed by atoms with Gasteiger partial charge in [-0.2, -0.15) is 0 Å². The van der Waals surface area contributed by atoms with Gasteiger partial charge in [-0.15, -0.1) is 0 Å². The van der Waals surface area contributed by atoms with E-state index in [4.69, 9.17) is 14.6 Å². The van der Waals surface area contributed by atoms with Crippen molar-refractivity contribution in [1.82, 2.24) is 0 Å². The Balaban J connectivity index is 1.85. The topological polar surface area (TPSA) is 55.8 Å². The second-order valence-electron chi connectivity index (χ2n) is 4.46. The van der Waals surface area contributed by atoms with Gasteiger partial charge < -0.3 is 14.6 Å². The summed E-state index contributed by atoms with van der Waals surface area (Å²) in [6, 6.07) is 12.4. The van der Waals surface area contributed by atoms with E-state index in [2.05, 4.69) is 15.9 Å². The molecule has 0 amide bonds. The number of aryl methyl sites for hydroxylation is 1. The number of hydrogen-bond acceptors (Lipinski definition) is 3. The molecule has 0 aliphatic heterocycles. The van der Waals surface area contributed by atoms with Gasteiger partial charge in [0.2, 0.25) is 0 Å². The third-order valence-corrected chi connectivity index (χ3v) is 3.40. The van der Waals surface area contributed by atoms with Gasteiger partial charge in [-0.25, -0.2) is 4.79 Å². The lowest BCUT2D eigenvalue weighted by Gasteiger charge is -2.10. The Hall–Kier alpha value is -2.01. The van der Waals surface area contributed by atoms with E-state index in [9.17, 15) is 4.79 Å². The van der Waals surface area contributed by atoms with E-state index in [0.29, 0.717) is 23.4 Å². The lowest BCUT2D eigenvalue weighted by atomic mass is 10.2. The van der Waals surface area contributed by atoms with Crippen molar-refractivity contribution in [2.24, 2.45) is 0 Å². The van der Waals surface area contributed by atoms with Gasteiger partial charge in [0.25, 0.3) is 0 Å². The summed E-state index contributed by atoms with van der Waals surface area (Å²) in [6.45, 7) is 2.79. The molecule has 110 valence electrons. The van der Waals surface area contributed by atoms with Gasteiger partial charge in [0.05, 0.1) is 10.0 Å². The Kier molecular flexibility index (Phi) is 5.22. The number of ether oxygens (including phenoxy) is 2. The van der Waals surface area contributed by atoms with Gasteiger partial charge in [0.15, 0.2) is 0 Å². The summed E-state index contributed by atoms with van der Waals surface area (Å²) in [5.41, 5.74) is 1.35. The number of carbonyl (C=O) groups is 1. The average Bonchev–Trinajstić information content (AvgIpc) is 2.45. The van der Waals surface area contributed by atoms with Crippen LogP contribution in [-0.4, -0.2) is 24.3 Å². The van der Waals surface area contributed by atoms with Crippen LogP contribution in [0.3, 0.4) is 0 Å². The molecule has 0 saturated heterocycles. The Morgan fingerprint density at radius 1 is 1.14 bits per heavy atom. The second kappa shape index (κ2) is 7.13. The van der Waals surface area contributed by atoms with Crippen LogP contribution < -0.4 is 9.47 Å². The predicted molar refractivity (Wildman–Crippen MR) is 83.3 cm³/mol. The first-order valence-corrected chi connectivity index (χ1v) is 7.20. The highest BCUT2D eigenvalue weighted by Crippen LogP contribution is 2.26. The van der Waals surface area contributed by atoms with E-state index in [-0.39, 0.29) is 5.56 Å². The molecule has 1 N–H and O–H groups in total. The van der Waals surface area contributed by atoms with Crippen molar-refractivity contribution < 1.29 is 19.4 Å². The number of benzene rings is 2. The quantitative estimate of drug-likeness (QED) is 0.802. The highest BCUT2D eigenvalue weighted by Gasteiger charge is 2.07. The molecule has 0 heterocycles. The van der Waals surface area contributed by atoms with Crippen molar-refractivity contribution >= 4 is 21.9 Å². The molecule has 0 aliphatic carbocycles. The smallest absolute Gasteiger partial charge is 0.335 e. The lowest BCUT2D eigenvalue weighted by Crippen LogP contribution is -2.09. The fraction of sp³-hybridized carbons (Fsp3) is 0.188. The first kappa shape index (κ1) is 15.4.